The summed E-state index contributed by atoms with van der Waals surface area (Å²) in [5.74, 6) is -0.135. The van der Waals surface area contributed by atoms with Crippen molar-refractivity contribution in [3.05, 3.63) is 35.6 Å². The highest BCUT2D eigenvalue weighted by Crippen LogP contribution is 2.12. The first kappa shape index (κ1) is 33.6. The van der Waals surface area contributed by atoms with E-state index in [1.165, 1.54) is 32.0 Å². The van der Waals surface area contributed by atoms with Gasteiger partial charge < -0.3 is 15.4 Å². The third-order valence-electron chi connectivity index (χ3n) is 4.30. The Morgan fingerprint density at radius 3 is 1.90 bits per heavy atom. The fourth-order valence-electron chi connectivity index (χ4n) is 2.40. The Kier molecular flexibility index (Phi) is 25.4. The number of alkyl halides is 1. The number of methoxy groups -OCH3 is 1. The Hall–Kier alpha value is -1.04. The lowest BCUT2D eigenvalue weighted by molar-refractivity contribution is 0.210. The van der Waals surface area contributed by atoms with Crippen LogP contribution in [0.3, 0.4) is 0 Å². The van der Waals surface area contributed by atoms with E-state index in [0.29, 0.717) is 12.8 Å². The van der Waals surface area contributed by atoms with Gasteiger partial charge >= 0.3 is 0 Å². The summed E-state index contributed by atoms with van der Waals surface area (Å²) >= 11 is 0. The molecule has 2 rings (SSSR count). The Labute approximate surface area is 186 Å². The lowest BCUT2D eigenvalue weighted by Gasteiger charge is -2.18. The van der Waals surface area contributed by atoms with Gasteiger partial charge in [-0.25, -0.2) is 8.78 Å². The van der Waals surface area contributed by atoms with E-state index in [0.717, 1.165) is 18.5 Å². The molecular formula is C25H50F2N2O. The largest absolute Gasteiger partial charge is 0.388 e. The number of ether oxygens (including phenoxy) is 1. The van der Waals surface area contributed by atoms with Gasteiger partial charge in [0.25, 0.3) is 0 Å². The minimum Gasteiger partial charge on any atom is -0.388 e. The van der Waals surface area contributed by atoms with E-state index in [-0.39, 0.29) is 11.9 Å². The Bertz CT molecular complexity index is 459. The van der Waals surface area contributed by atoms with Crippen molar-refractivity contribution in [2.75, 3.05) is 33.9 Å². The van der Waals surface area contributed by atoms with Crippen LogP contribution in [0.25, 0.3) is 0 Å². The number of halogens is 2. The molecule has 1 fully saturated rings. The maximum atomic E-state index is 13.4. The first-order chi connectivity index (χ1) is 14.2. The fraction of sp³-hybridized carbons (Fsp3) is 0.760. The molecule has 0 aromatic heterocycles. The van der Waals surface area contributed by atoms with E-state index < -0.39 is 5.67 Å². The molecule has 1 heterocycles. The van der Waals surface area contributed by atoms with Crippen LogP contribution in [0, 0.1) is 5.82 Å². The second-order valence-electron chi connectivity index (χ2n) is 7.37. The molecule has 180 valence electrons. The van der Waals surface area contributed by atoms with E-state index in [1.54, 1.807) is 34.1 Å². The Morgan fingerprint density at radius 1 is 1.07 bits per heavy atom. The van der Waals surface area contributed by atoms with E-state index >= 15 is 0 Å². The average molecular weight is 433 g/mol. The number of rotatable bonds is 6. The maximum Gasteiger partial charge on any atom is 0.126 e. The van der Waals surface area contributed by atoms with Crippen LogP contribution in [0.4, 0.5) is 8.78 Å². The highest BCUT2D eigenvalue weighted by atomic mass is 19.1. The second kappa shape index (κ2) is 22.6. The van der Waals surface area contributed by atoms with Crippen LogP contribution in [0.2, 0.25) is 0 Å². The number of hydrogen-bond donors (Lipinski definition) is 1. The number of likely N-dealkylation sites (tertiary alicyclic amines) is 1. The zero-order valence-corrected chi connectivity index (χ0v) is 21.2. The monoisotopic (exact) mass is 432 g/mol. The third-order valence-corrected chi connectivity index (χ3v) is 4.30. The molecule has 0 bridgehead atoms. The molecule has 1 aliphatic rings. The maximum absolute atomic E-state index is 13.4. The van der Waals surface area contributed by atoms with Crippen molar-refractivity contribution in [1.82, 2.24) is 4.90 Å². The highest BCUT2D eigenvalue weighted by molar-refractivity contribution is 5.18. The van der Waals surface area contributed by atoms with Crippen molar-refractivity contribution in [3.63, 3.8) is 0 Å². The summed E-state index contributed by atoms with van der Waals surface area (Å²) in [6.07, 6.45) is 4.81. The van der Waals surface area contributed by atoms with Crippen molar-refractivity contribution >= 4 is 0 Å². The highest BCUT2D eigenvalue weighted by Gasteiger charge is 2.14. The minimum absolute atomic E-state index is 0.0625. The molecule has 1 unspecified atom stereocenters. The molecule has 0 aliphatic carbocycles. The summed E-state index contributed by atoms with van der Waals surface area (Å²) in [7, 11) is 3.25. The summed E-state index contributed by atoms with van der Waals surface area (Å²) in [6.45, 7) is 16.4. The fourth-order valence-corrected chi connectivity index (χ4v) is 2.40. The van der Waals surface area contributed by atoms with Crippen LogP contribution >= 0.6 is 0 Å². The molecule has 2 N–H and O–H groups in total. The number of nitrogens with zero attached hydrogens (tertiary/aromatic N) is 1. The van der Waals surface area contributed by atoms with Crippen LogP contribution in [-0.2, 0) is 11.2 Å². The van der Waals surface area contributed by atoms with E-state index in [1.807, 2.05) is 46.8 Å². The summed E-state index contributed by atoms with van der Waals surface area (Å²) in [5.41, 5.74) is 5.84. The zero-order chi connectivity index (χ0) is 24.0. The molecule has 0 saturated carbocycles. The van der Waals surface area contributed by atoms with Gasteiger partial charge in [-0.3, -0.25) is 0 Å². The van der Waals surface area contributed by atoms with E-state index in [2.05, 4.69) is 9.64 Å². The quantitative estimate of drug-likeness (QED) is 0.547. The van der Waals surface area contributed by atoms with Gasteiger partial charge in [0, 0.05) is 20.3 Å². The third kappa shape index (κ3) is 21.7. The molecule has 1 aliphatic heterocycles. The molecule has 1 aromatic carbocycles. The molecule has 0 radical (unpaired) electrons. The SMILES string of the molecule is CC.CC.CCC(C)(C)F.COC.NC(CCN1CCCC1)Cc1ccccc1F. The van der Waals surface area contributed by atoms with Crippen molar-refractivity contribution in [3.8, 4) is 0 Å². The van der Waals surface area contributed by atoms with E-state index in [9.17, 15) is 8.78 Å². The summed E-state index contributed by atoms with van der Waals surface area (Å²) in [5, 5.41) is 0. The molecular weight excluding hydrogens is 382 g/mol. The smallest absolute Gasteiger partial charge is 0.126 e. The van der Waals surface area contributed by atoms with Crippen LogP contribution in [0.15, 0.2) is 24.3 Å². The molecule has 5 heteroatoms. The van der Waals surface area contributed by atoms with Crippen LogP contribution in [0.1, 0.15) is 79.7 Å². The molecule has 1 saturated heterocycles. The van der Waals surface area contributed by atoms with Crippen LogP contribution in [-0.4, -0.2) is 50.5 Å². The molecule has 30 heavy (non-hydrogen) atoms. The van der Waals surface area contributed by atoms with Crippen molar-refractivity contribution in [1.29, 1.82) is 0 Å². The molecule has 0 spiro atoms. The number of hydrogen-bond acceptors (Lipinski definition) is 3. The average Bonchev–Trinajstić information content (AvgIpc) is 3.26. The van der Waals surface area contributed by atoms with Gasteiger partial charge in [-0.2, -0.15) is 0 Å². The van der Waals surface area contributed by atoms with Crippen LogP contribution < -0.4 is 5.73 Å². The number of benzene rings is 1. The van der Waals surface area contributed by atoms with Crippen molar-refractivity contribution in [2.45, 2.75) is 92.3 Å². The van der Waals surface area contributed by atoms with Gasteiger partial charge in [-0.15, -0.1) is 0 Å². The number of nitrogens with two attached hydrogens (primary N) is 1. The minimum atomic E-state index is -0.958. The van der Waals surface area contributed by atoms with Crippen LogP contribution in [0.5, 0.6) is 0 Å². The van der Waals surface area contributed by atoms with Gasteiger partial charge in [0.2, 0.25) is 0 Å². The lowest BCUT2D eigenvalue weighted by Crippen LogP contribution is -2.30. The van der Waals surface area contributed by atoms with Crippen molar-refractivity contribution < 1.29 is 13.5 Å². The Balaban J connectivity index is -0.000000469. The van der Waals surface area contributed by atoms with Gasteiger partial charge in [0.15, 0.2) is 0 Å². The zero-order valence-electron chi connectivity index (χ0n) is 21.2. The van der Waals surface area contributed by atoms with Gasteiger partial charge in [-0.1, -0.05) is 52.8 Å². The normalized spacial score (nSPS) is 13.9. The van der Waals surface area contributed by atoms with Gasteiger partial charge in [0.05, 0.1) is 0 Å². The lowest BCUT2D eigenvalue weighted by atomic mass is 10.0. The summed E-state index contributed by atoms with van der Waals surface area (Å²) < 4.78 is 29.8. The second-order valence-corrected chi connectivity index (χ2v) is 7.37. The van der Waals surface area contributed by atoms with Crippen molar-refractivity contribution in [2.24, 2.45) is 5.73 Å². The predicted octanol–water partition coefficient (Wildman–Crippen LogP) is 6.64. The molecule has 1 atom stereocenters. The first-order valence-corrected chi connectivity index (χ1v) is 11.5. The molecule has 0 amide bonds. The van der Waals surface area contributed by atoms with Gasteiger partial charge in [-0.05, 0) is 77.2 Å². The van der Waals surface area contributed by atoms with E-state index in [4.69, 9.17) is 5.73 Å². The standard InChI is InChI=1S/C14H21FN2.C5H11F.C2H6O.2C2H6/c15-14-6-2-1-5-12(14)11-13(16)7-10-17-8-3-4-9-17;1-4-5(2,3)6;1-3-2;2*1-2/h1-2,5-6,13H,3-4,7-11,16H2;4H2,1-3H3;1-2H3;2*1-2H3. The molecule has 3 nitrogen and oxygen atoms in total. The van der Waals surface area contributed by atoms with Gasteiger partial charge in [0.1, 0.15) is 11.5 Å². The Morgan fingerprint density at radius 2 is 1.50 bits per heavy atom. The first-order valence-electron chi connectivity index (χ1n) is 11.5. The molecule has 1 aromatic rings. The topological polar surface area (TPSA) is 38.5 Å². The summed E-state index contributed by atoms with van der Waals surface area (Å²) in [6, 6.07) is 6.97. The summed E-state index contributed by atoms with van der Waals surface area (Å²) in [4.78, 5) is 2.45. The predicted molar refractivity (Wildman–Crippen MR) is 129 cm³/mol.